The van der Waals surface area contributed by atoms with Crippen LogP contribution in [0.4, 0.5) is 0 Å². The Kier molecular flexibility index (Phi) is 5.98. The Labute approximate surface area is 189 Å². The molecule has 2 N–H and O–H groups in total. The van der Waals surface area contributed by atoms with E-state index in [9.17, 15) is 0 Å². The van der Waals surface area contributed by atoms with Crippen molar-refractivity contribution < 1.29 is 9.31 Å². The first-order valence-electron chi connectivity index (χ1n) is 10.5. The second-order valence-electron chi connectivity index (χ2n) is 8.85. The number of hydrogen-bond donors (Lipinski definition) is 1. The van der Waals surface area contributed by atoms with Crippen molar-refractivity contribution in [2.24, 2.45) is 11.7 Å². The third-order valence-corrected chi connectivity index (χ3v) is 6.93. The van der Waals surface area contributed by atoms with Gasteiger partial charge in [-0.3, -0.25) is 0 Å². The molecular weight excluding hydrogens is 415 g/mol. The van der Waals surface area contributed by atoms with Crippen molar-refractivity contribution in [1.82, 2.24) is 0 Å². The number of ether oxygens (including phenoxy) is 1. The largest absolute Gasteiger partial charge is 0.440 e. The Bertz CT molecular complexity index is 969. The first-order valence-corrected chi connectivity index (χ1v) is 11.3. The van der Waals surface area contributed by atoms with Gasteiger partial charge in [-0.1, -0.05) is 67.4 Å². The van der Waals surface area contributed by atoms with Crippen molar-refractivity contribution in [2.45, 2.75) is 50.2 Å². The van der Waals surface area contributed by atoms with Gasteiger partial charge >= 0.3 is 5.90 Å². The quantitative estimate of drug-likeness (QED) is 0.456. The molecule has 0 spiro atoms. The molecule has 2 unspecified atom stereocenters. The van der Waals surface area contributed by atoms with Gasteiger partial charge in [0.15, 0.2) is 18.7 Å². The van der Waals surface area contributed by atoms with Gasteiger partial charge < -0.3 is 10.5 Å². The highest BCUT2D eigenvalue weighted by Gasteiger charge is 2.58. The molecule has 2 aliphatic heterocycles. The Morgan fingerprint density at radius 3 is 2.53 bits per heavy atom. The van der Waals surface area contributed by atoms with Crippen molar-refractivity contribution in [1.29, 1.82) is 0 Å². The molecular formula is C25H29Cl2N2O+. The van der Waals surface area contributed by atoms with E-state index in [4.69, 9.17) is 33.7 Å². The molecule has 0 bridgehead atoms. The highest BCUT2D eigenvalue weighted by atomic mass is 35.5. The number of nitrogens with zero attached hydrogens (tertiary/aromatic N) is 1. The summed E-state index contributed by atoms with van der Waals surface area (Å²) in [6.07, 6.45) is 3.31. The molecule has 30 heavy (non-hydrogen) atoms. The predicted molar refractivity (Wildman–Crippen MR) is 125 cm³/mol. The van der Waals surface area contributed by atoms with Crippen LogP contribution >= 0.6 is 23.2 Å². The summed E-state index contributed by atoms with van der Waals surface area (Å²) in [5.74, 6) is 1.46. The molecule has 2 aromatic rings. The fraction of sp³-hybridized carbons (Fsp3) is 0.400. The maximum Gasteiger partial charge on any atom is 0.358 e. The maximum atomic E-state index is 7.02. The molecule has 5 heteroatoms. The number of hydrogen-bond acceptors (Lipinski definition) is 2. The molecule has 0 fully saturated rings. The molecule has 0 aromatic heterocycles. The molecule has 3 nitrogen and oxygen atoms in total. The van der Waals surface area contributed by atoms with Crippen LogP contribution in [-0.4, -0.2) is 28.7 Å². The van der Waals surface area contributed by atoms with Gasteiger partial charge in [0.1, 0.15) is 5.54 Å². The molecule has 0 aliphatic carbocycles. The van der Waals surface area contributed by atoms with Crippen molar-refractivity contribution in [3.05, 3.63) is 82.4 Å². The van der Waals surface area contributed by atoms with Gasteiger partial charge in [0.2, 0.25) is 0 Å². The van der Waals surface area contributed by atoms with Crippen LogP contribution in [0.5, 0.6) is 0 Å². The van der Waals surface area contributed by atoms with E-state index in [1.165, 1.54) is 11.1 Å². The summed E-state index contributed by atoms with van der Waals surface area (Å²) in [5, 5.41) is 1.47. The number of rotatable bonds is 5. The summed E-state index contributed by atoms with van der Waals surface area (Å²) in [6.45, 7) is 9.09. The Morgan fingerprint density at radius 1 is 1.17 bits per heavy atom. The van der Waals surface area contributed by atoms with E-state index in [0.717, 1.165) is 22.4 Å². The van der Waals surface area contributed by atoms with Crippen LogP contribution < -0.4 is 5.73 Å². The molecule has 2 heterocycles. The summed E-state index contributed by atoms with van der Waals surface area (Å²) in [6, 6.07) is 16.6. The van der Waals surface area contributed by atoms with Gasteiger partial charge in [0.05, 0.1) is 5.92 Å². The van der Waals surface area contributed by atoms with Crippen molar-refractivity contribution in [2.75, 3.05) is 6.61 Å². The second-order valence-corrected chi connectivity index (χ2v) is 9.72. The lowest BCUT2D eigenvalue weighted by Gasteiger charge is -2.38. The third-order valence-electron chi connectivity index (χ3n) is 6.44. The van der Waals surface area contributed by atoms with Crippen LogP contribution in [0.3, 0.4) is 0 Å². The predicted octanol–water partition coefficient (Wildman–Crippen LogP) is 5.96. The Morgan fingerprint density at radius 2 is 1.90 bits per heavy atom. The normalized spacial score (nSPS) is 28.4. The van der Waals surface area contributed by atoms with E-state index >= 15 is 0 Å². The van der Waals surface area contributed by atoms with Crippen LogP contribution in [0.25, 0.3) is 0 Å². The van der Waals surface area contributed by atoms with E-state index < -0.39 is 5.54 Å². The summed E-state index contributed by atoms with van der Waals surface area (Å²) in [7, 11) is 0. The van der Waals surface area contributed by atoms with E-state index in [0.29, 0.717) is 18.9 Å². The SMILES string of the molecule is C=CC[C@@]1(N)CC(c2cccc(Cl)c2)C(c2ccc(Cl)cc2)[N+]2=C1OC[C@@H]2C(C)C. The Hall–Kier alpha value is -1.81. The third kappa shape index (κ3) is 3.79. The zero-order chi connectivity index (χ0) is 21.5. The second kappa shape index (κ2) is 8.37. The van der Waals surface area contributed by atoms with Crippen molar-refractivity contribution in [3.63, 3.8) is 0 Å². The molecule has 0 saturated carbocycles. The lowest BCUT2D eigenvalue weighted by atomic mass is 9.73. The molecule has 2 aliphatic rings. The number of benzene rings is 2. The molecule has 2 aromatic carbocycles. The van der Waals surface area contributed by atoms with Crippen LogP contribution in [0, 0.1) is 5.92 Å². The summed E-state index contributed by atoms with van der Waals surface area (Å²) in [5.41, 5.74) is 8.82. The van der Waals surface area contributed by atoms with E-state index in [-0.39, 0.29) is 18.0 Å². The topological polar surface area (TPSA) is 38.3 Å². The molecule has 0 amide bonds. The summed E-state index contributed by atoms with van der Waals surface area (Å²) >= 11 is 12.6. The van der Waals surface area contributed by atoms with Crippen molar-refractivity contribution in [3.8, 4) is 0 Å². The smallest absolute Gasteiger partial charge is 0.358 e. The first-order chi connectivity index (χ1) is 14.3. The van der Waals surface area contributed by atoms with Crippen LogP contribution in [0.1, 0.15) is 49.8 Å². The van der Waals surface area contributed by atoms with Gasteiger partial charge in [0.25, 0.3) is 0 Å². The molecule has 158 valence electrons. The lowest BCUT2D eigenvalue weighted by Crippen LogP contribution is -2.57. The van der Waals surface area contributed by atoms with Gasteiger partial charge in [-0.05, 0) is 42.7 Å². The lowest BCUT2D eigenvalue weighted by molar-refractivity contribution is -0.615. The highest BCUT2D eigenvalue weighted by Crippen LogP contribution is 2.47. The zero-order valence-corrected chi connectivity index (χ0v) is 19.0. The maximum absolute atomic E-state index is 7.02. The van der Waals surface area contributed by atoms with Crippen LogP contribution in [0.15, 0.2) is 61.2 Å². The monoisotopic (exact) mass is 443 g/mol. The minimum Gasteiger partial charge on any atom is -0.440 e. The van der Waals surface area contributed by atoms with Crippen molar-refractivity contribution >= 4 is 29.1 Å². The average Bonchev–Trinajstić information content (AvgIpc) is 3.15. The zero-order valence-electron chi connectivity index (χ0n) is 17.5. The van der Waals surface area contributed by atoms with E-state index in [2.05, 4.69) is 49.3 Å². The van der Waals surface area contributed by atoms with Gasteiger partial charge in [-0.25, -0.2) is 0 Å². The van der Waals surface area contributed by atoms with Crippen LogP contribution in [-0.2, 0) is 4.74 Å². The molecule has 0 saturated heterocycles. The summed E-state index contributed by atoms with van der Waals surface area (Å²) < 4.78 is 8.74. The molecule has 4 rings (SSSR count). The minimum atomic E-state index is -0.596. The number of nitrogens with two attached hydrogens (primary N) is 1. The van der Waals surface area contributed by atoms with E-state index in [1.807, 2.05) is 30.3 Å². The summed E-state index contributed by atoms with van der Waals surface area (Å²) in [4.78, 5) is 0. The fourth-order valence-electron chi connectivity index (χ4n) is 5.02. The minimum absolute atomic E-state index is 0.0899. The molecule has 0 radical (unpaired) electrons. The first kappa shape index (κ1) is 21.4. The highest BCUT2D eigenvalue weighted by molar-refractivity contribution is 6.30. The van der Waals surface area contributed by atoms with Gasteiger partial charge in [-0.2, -0.15) is 4.58 Å². The van der Waals surface area contributed by atoms with Crippen LogP contribution in [0.2, 0.25) is 10.0 Å². The molecule has 4 atom stereocenters. The Balaban J connectivity index is 1.94. The van der Waals surface area contributed by atoms with E-state index in [1.54, 1.807) is 0 Å². The number of halogens is 2. The van der Waals surface area contributed by atoms with Gasteiger partial charge in [-0.15, -0.1) is 6.58 Å². The standard InChI is InChI=1S/C25H29Cl2N2O/c1-4-12-25(28)14-21(18-6-5-7-20(27)13-18)23(17-8-10-19(26)11-9-17)29-22(16(2)3)15-30-24(25)29/h4-11,13,16,21-23H,1,12,14-15,28H2,2-3H3/q+1/t21?,22-,23?,25-/m1/s1. The van der Waals surface area contributed by atoms with Gasteiger partial charge in [0, 0.05) is 21.5 Å². The average molecular weight is 444 g/mol. The fourth-order valence-corrected chi connectivity index (χ4v) is 5.35.